The maximum atomic E-state index is 12.2. The summed E-state index contributed by atoms with van der Waals surface area (Å²) in [7, 11) is -0.267. The lowest BCUT2D eigenvalue weighted by molar-refractivity contribution is 0.0697. The fourth-order valence-corrected chi connectivity index (χ4v) is 4.48. The summed E-state index contributed by atoms with van der Waals surface area (Å²) >= 11 is 0. The fourth-order valence-electron chi connectivity index (χ4n) is 3.35. The van der Waals surface area contributed by atoms with Crippen molar-refractivity contribution in [1.29, 1.82) is 0 Å². The van der Waals surface area contributed by atoms with Crippen molar-refractivity contribution in [3.8, 4) is 11.3 Å². The molecule has 0 amide bonds. The summed E-state index contributed by atoms with van der Waals surface area (Å²) < 4.78 is 27.2. The zero-order chi connectivity index (χ0) is 20.3. The van der Waals surface area contributed by atoms with Crippen LogP contribution in [0.1, 0.15) is 28.9 Å². The van der Waals surface area contributed by atoms with Gasteiger partial charge in [0.1, 0.15) is 6.33 Å². The van der Waals surface area contributed by atoms with Gasteiger partial charge in [-0.3, -0.25) is 0 Å². The number of nitrogens with zero attached hydrogens (tertiary/aromatic N) is 4. The fraction of sp³-hybridized carbons (Fsp3) is 0.421. The maximum Gasteiger partial charge on any atom is 0.335 e. The van der Waals surface area contributed by atoms with Gasteiger partial charge >= 0.3 is 5.97 Å². The number of carboxylic acid groups (broad SMARTS) is 1. The third-order valence-electron chi connectivity index (χ3n) is 4.99. The van der Waals surface area contributed by atoms with Crippen LogP contribution in [-0.4, -0.2) is 65.3 Å². The molecule has 9 heteroatoms. The zero-order valence-corrected chi connectivity index (χ0v) is 16.8. The first kappa shape index (κ1) is 20.4. The van der Waals surface area contributed by atoms with Crippen molar-refractivity contribution in [1.82, 2.24) is 18.6 Å². The monoisotopic (exact) mass is 404 g/mol. The topological polar surface area (TPSA) is 104 Å². The van der Waals surface area contributed by atoms with E-state index < -0.39 is 16.2 Å². The summed E-state index contributed by atoms with van der Waals surface area (Å²) in [4.78, 5) is 19.8. The Labute approximate surface area is 165 Å². The number of piperidine rings is 1. The second-order valence-electron chi connectivity index (χ2n) is 7.12. The Kier molecular flexibility index (Phi) is 6.07. The van der Waals surface area contributed by atoms with Crippen molar-refractivity contribution in [3.63, 3.8) is 0 Å². The third kappa shape index (κ3) is 4.54. The van der Waals surface area contributed by atoms with E-state index in [-0.39, 0.29) is 5.56 Å². The lowest BCUT2D eigenvalue weighted by Gasteiger charge is -2.32. The molecule has 1 aromatic carbocycles. The molecule has 0 radical (unpaired) electrons. The van der Waals surface area contributed by atoms with E-state index in [9.17, 15) is 13.2 Å². The quantitative estimate of drug-likeness (QED) is 0.789. The number of aromatic carboxylic acids is 1. The highest BCUT2D eigenvalue weighted by atomic mass is 32.2. The second-order valence-corrected chi connectivity index (χ2v) is 9.26. The van der Waals surface area contributed by atoms with Crippen LogP contribution < -0.4 is 0 Å². The van der Waals surface area contributed by atoms with Crippen molar-refractivity contribution < 1.29 is 18.3 Å². The highest BCUT2D eigenvalue weighted by molar-refractivity contribution is 7.86. The SMILES string of the molecule is CN(C)S(=O)(=O)N1CCC(Cc2cc(-c3cccc(C(=O)O)c3)ncn2)CC1. The first-order valence-corrected chi connectivity index (χ1v) is 10.5. The van der Waals surface area contributed by atoms with Gasteiger partial charge in [-0.2, -0.15) is 17.0 Å². The van der Waals surface area contributed by atoms with Crippen LogP contribution in [0, 0.1) is 5.92 Å². The maximum absolute atomic E-state index is 12.2. The molecule has 8 nitrogen and oxygen atoms in total. The highest BCUT2D eigenvalue weighted by Gasteiger charge is 2.29. The Hall–Kier alpha value is -2.36. The Morgan fingerprint density at radius 3 is 2.57 bits per heavy atom. The van der Waals surface area contributed by atoms with Crippen molar-refractivity contribution in [2.24, 2.45) is 5.92 Å². The molecule has 0 bridgehead atoms. The van der Waals surface area contributed by atoms with Gasteiger partial charge in [-0.15, -0.1) is 0 Å². The minimum absolute atomic E-state index is 0.215. The van der Waals surface area contributed by atoms with Gasteiger partial charge in [0.25, 0.3) is 10.2 Å². The summed E-state index contributed by atoms with van der Waals surface area (Å²) in [6.45, 7) is 1.01. The minimum Gasteiger partial charge on any atom is -0.478 e. The smallest absolute Gasteiger partial charge is 0.335 e. The van der Waals surface area contributed by atoms with E-state index in [1.807, 2.05) is 12.1 Å². The van der Waals surface area contributed by atoms with Gasteiger partial charge < -0.3 is 5.11 Å². The third-order valence-corrected chi connectivity index (χ3v) is 6.93. The van der Waals surface area contributed by atoms with Crippen LogP contribution in [0.15, 0.2) is 36.7 Å². The molecule has 0 atom stereocenters. The summed E-state index contributed by atoms with van der Waals surface area (Å²) in [5.41, 5.74) is 2.50. The van der Waals surface area contributed by atoms with Crippen LogP contribution >= 0.6 is 0 Å². The standard InChI is InChI=1S/C19H24N4O4S/c1-22(2)28(26,27)23-8-6-14(7-9-23)10-17-12-18(21-13-20-17)15-4-3-5-16(11-15)19(24)25/h3-5,11-14H,6-10H2,1-2H3,(H,24,25). The number of carboxylic acids is 1. The van der Waals surface area contributed by atoms with Gasteiger partial charge in [0, 0.05) is 38.4 Å². The normalized spacial score (nSPS) is 16.4. The summed E-state index contributed by atoms with van der Waals surface area (Å²) in [5.74, 6) is -0.628. The molecule has 1 aliphatic rings. The van der Waals surface area contributed by atoms with Gasteiger partial charge in [-0.1, -0.05) is 12.1 Å². The molecule has 0 unspecified atom stereocenters. The summed E-state index contributed by atoms with van der Waals surface area (Å²) in [5, 5.41) is 9.16. The van der Waals surface area contributed by atoms with Crippen LogP contribution in [0.5, 0.6) is 0 Å². The van der Waals surface area contributed by atoms with Crippen LogP contribution in [-0.2, 0) is 16.6 Å². The lowest BCUT2D eigenvalue weighted by atomic mass is 9.92. The number of aromatic nitrogens is 2. The second kappa shape index (κ2) is 8.34. The molecule has 0 spiro atoms. The number of carbonyl (C=O) groups is 1. The molecule has 0 aliphatic carbocycles. The molecule has 2 aromatic rings. The van der Waals surface area contributed by atoms with Crippen LogP contribution in [0.3, 0.4) is 0 Å². The number of benzene rings is 1. The van der Waals surface area contributed by atoms with Crippen LogP contribution in [0.4, 0.5) is 0 Å². The van der Waals surface area contributed by atoms with E-state index >= 15 is 0 Å². The molecule has 1 aromatic heterocycles. The average Bonchev–Trinajstić information content (AvgIpc) is 2.68. The molecule has 150 valence electrons. The van der Waals surface area contributed by atoms with Gasteiger partial charge in [-0.25, -0.2) is 14.8 Å². The predicted molar refractivity (Wildman–Crippen MR) is 105 cm³/mol. The van der Waals surface area contributed by atoms with Gasteiger partial charge in [-0.05, 0) is 43.4 Å². The summed E-state index contributed by atoms with van der Waals surface area (Å²) in [6, 6.07) is 8.54. The van der Waals surface area contributed by atoms with E-state index in [4.69, 9.17) is 5.11 Å². The Balaban J connectivity index is 1.68. The average molecular weight is 404 g/mol. The Bertz CT molecular complexity index is 954. The van der Waals surface area contributed by atoms with Gasteiger partial charge in [0.05, 0.1) is 11.3 Å². The largest absolute Gasteiger partial charge is 0.478 e. The molecule has 28 heavy (non-hydrogen) atoms. The van der Waals surface area contributed by atoms with Crippen molar-refractivity contribution in [2.75, 3.05) is 27.2 Å². The van der Waals surface area contributed by atoms with E-state index in [0.717, 1.165) is 30.5 Å². The molecule has 1 aliphatic heterocycles. The van der Waals surface area contributed by atoms with Crippen LogP contribution in [0.2, 0.25) is 0 Å². The van der Waals surface area contributed by atoms with Crippen molar-refractivity contribution in [2.45, 2.75) is 19.3 Å². The Morgan fingerprint density at radius 1 is 1.21 bits per heavy atom. The van der Waals surface area contributed by atoms with E-state index in [1.165, 1.54) is 14.9 Å². The zero-order valence-electron chi connectivity index (χ0n) is 15.9. The van der Waals surface area contributed by atoms with Gasteiger partial charge in [0.2, 0.25) is 0 Å². The molecule has 3 rings (SSSR count). The van der Waals surface area contributed by atoms with Crippen LogP contribution in [0.25, 0.3) is 11.3 Å². The lowest BCUT2D eigenvalue weighted by Crippen LogP contribution is -2.44. The van der Waals surface area contributed by atoms with E-state index in [2.05, 4.69) is 9.97 Å². The van der Waals surface area contributed by atoms with Crippen molar-refractivity contribution >= 4 is 16.2 Å². The highest BCUT2D eigenvalue weighted by Crippen LogP contribution is 2.25. The summed E-state index contributed by atoms with van der Waals surface area (Å²) in [6.07, 6.45) is 3.79. The number of hydrogen-bond acceptors (Lipinski definition) is 5. The molecule has 2 heterocycles. The molecular weight excluding hydrogens is 380 g/mol. The molecule has 1 saturated heterocycles. The molecular formula is C19H24N4O4S. The number of rotatable bonds is 6. The predicted octanol–water partition coefficient (Wildman–Crippen LogP) is 1.90. The molecule has 1 N–H and O–H groups in total. The first-order valence-electron chi connectivity index (χ1n) is 9.09. The molecule has 1 fully saturated rings. The van der Waals surface area contributed by atoms with E-state index in [0.29, 0.717) is 24.7 Å². The number of hydrogen-bond donors (Lipinski definition) is 1. The van der Waals surface area contributed by atoms with Crippen molar-refractivity contribution in [3.05, 3.63) is 47.9 Å². The first-order chi connectivity index (χ1) is 13.3. The van der Waals surface area contributed by atoms with E-state index in [1.54, 1.807) is 32.3 Å². The minimum atomic E-state index is -3.36. The Morgan fingerprint density at radius 2 is 1.93 bits per heavy atom. The van der Waals surface area contributed by atoms with Gasteiger partial charge in [0.15, 0.2) is 0 Å². The molecule has 0 saturated carbocycles.